The monoisotopic (exact) mass is 410 g/mol. The van der Waals surface area contributed by atoms with Gasteiger partial charge in [0.2, 0.25) is 0 Å². The van der Waals surface area contributed by atoms with Crippen molar-refractivity contribution in [1.29, 1.82) is 0 Å². The van der Waals surface area contributed by atoms with Crippen LogP contribution in [0.3, 0.4) is 0 Å². The first-order valence-corrected chi connectivity index (χ1v) is 9.93. The summed E-state index contributed by atoms with van der Waals surface area (Å²) in [5, 5.41) is 10.9. The Morgan fingerprint density at radius 3 is 2.23 bits per heavy atom. The van der Waals surface area contributed by atoms with Gasteiger partial charge in [0.15, 0.2) is 5.54 Å². The number of nitrogens with zero attached hydrogens (tertiary/aromatic N) is 2. The molecule has 2 aromatic rings. The van der Waals surface area contributed by atoms with E-state index in [1.807, 2.05) is 37.3 Å². The molecule has 0 bridgehead atoms. The summed E-state index contributed by atoms with van der Waals surface area (Å²) >= 11 is 0. The molecule has 0 spiro atoms. The number of non-ortho nitro benzene ring substituents is 1. The first kappa shape index (κ1) is 21.5. The summed E-state index contributed by atoms with van der Waals surface area (Å²) in [6.07, 6.45) is 1.07. The molecule has 2 aromatic carbocycles. The Morgan fingerprint density at radius 1 is 1.10 bits per heavy atom. The Labute approximate surface area is 175 Å². The van der Waals surface area contributed by atoms with E-state index in [2.05, 4.69) is 0 Å². The average Bonchev–Trinajstić information content (AvgIpc) is 3.05. The molecule has 1 fully saturated rings. The summed E-state index contributed by atoms with van der Waals surface area (Å²) in [6, 6.07) is 14.4. The van der Waals surface area contributed by atoms with Crippen LogP contribution >= 0.6 is 0 Å². The first-order valence-electron chi connectivity index (χ1n) is 9.93. The second kappa shape index (κ2) is 7.89. The number of ether oxygens (including phenoxy) is 1. The van der Waals surface area contributed by atoms with Crippen LogP contribution in [0.4, 0.5) is 5.69 Å². The summed E-state index contributed by atoms with van der Waals surface area (Å²) in [5.41, 5.74) is -1.08. The van der Waals surface area contributed by atoms with Crippen molar-refractivity contribution < 1.29 is 19.2 Å². The zero-order valence-electron chi connectivity index (χ0n) is 17.6. The SMILES string of the molecule is C[C@H]1CC[C@](C(=O)OC(C)(C)C)(c2ccccc2)N1C(=O)c1ccc([N+](=O)[O-])cc1. The lowest BCUT2D eigenvalue weighted by Gasteiger charge is -2.40. The van der Waals surface area contributed by atoms with Crippen LogP contribution < -0.4 is 0 Å². The molecule has 0 aromatic heterocycles. The van der Waals surface area contributed by atoms with Gasteiger partial charge in [0.1, 0.15) is 5.60 Å². The third-order valence-electron chi connectivity index (χ3n) is 5.31. The number of carbonyl (C=O) groups is 2. The topological polar surface area (TPSA) is 89.8 Å². The van der Waals surface area contributed by atoms with Crippen LogP contribution in [0.2, 0.25) is 0 Å². The highest BCUT2D eigenvalue weighted by Crippen LogP contribution is 2.45. The van der Waals surface area contributed by atoms with E-state index in [1.54, 1.807) is 25.7 Å². The quantitative estimate of drug-likeness (QED) is 0.422. The normalized spacial score (nSPS) is 21.3. The average molecular weight is 410 g/mol. The lowest BCUT2D eigenvalue weighted by atomic mass is 9.86. The van der Waals surface area contributed by atoms with Gasteiger partial charge in [-0.1, -0.05) is 30.3 Å². The highest BCUT2D eigenvalue weighted by atomic mass is 16.6. The molecule has 0 N–H and O–H groups in total. The molecular weight excluding hydrogens is 384 g/mol. The molecule has 0 unspecified atom stereocenters. The van der Waals surface area contributed by atoms with Crippen LogP contribution in [0.15, 0.2) is 54.6 Å². The summed E-state index contributed by atoms with van der Waals surface area (Å²) in [4.78, 5) is 39.1. The Bertz CT molecular complexity index is 950. The van der Waals surface area contributed by atoms with Crippen LogP contribution in [-0.2, 0) is 15.1 Å². The standard InChI is InChI=1S/C23H26N2O5/c1-16-14-15-23(18-8-6-5-7-9-18,21(27)30-22(2,3)4)24(16)20(26)17-10-12-19(13-11-17)25(28)29/h5-13,16H,14-15H2,1-4H3/t16-,23+/m0/s1. The zero-order chi connectivity index (χ0) is 22.1. The van der Waals surface area contributed by atoms with Crippen LogP contribution in [0, 0.1) is 10.1 Å². The molecule has 3 rings (SSSR count). The van der Waals surface area contributed by atoms with E-state index in [-0.39, 0.29) is 17.6 Å². The van der Waals surface area contributed by atoms with Gasteiger partial charge in [-0.05, 0) is 58.2 Å². The number of amides is 1. The van der Waals surface area contributed by atoms with Crippen molar-refractivity contribution in [3.05, 3.63) is 75.8 Å². The maximum Gasteiger partial charge on any atom is 0.337 e. The molecule has 0 aliphatic carbocycles. The van der Waals surface area contributed by atoms with E-state index in [0.717, 1.165) is 0 Å². The molecule has 2 atom stereocenters. The lowest BCUT2D eigenvalue weighted by Crippen LogP contribution is -2.54. The largest absolute Gasteiger partial charge is 0.458 e. The molecule has 0 saturated carbocycles. The number of hydrogen-bond acceptors (Lipinski definition) is 5. The Balaban J connectivity index is 2.10. The van der Waals surface area contributed by atoms with Gasteiger partial charge in [0.05, 0.1) is 4.92 Å². The van der Waals surface area contributed by atoms with E-state index in [9.17, 15) is 19.7 Å². The predicted octanol–water partition coefficient (Wildman–Crippen LogP) is 4.46. The number of nitro groups is 1. The molecule has 7 heteroatoms. The minimum Gasteiger partial charge on any atom is -0.458 e. The van der Waals surface area contributed by atoms with Gasteiger partial charge in [0.25, 0.3) is 11.6 Å². The molecule has 30 heavy (non-hydrogen) atoms. The van der Waals surface area contributed by atoms with E-state index in [1.165, 1.54) is 24.3 Å². The Kier molecular flexibility index (Phi) is 5.65. The molecule has 0 radical (unpaired) electrons. The van der Waals surface area contributed by atoms with Gasteiger partial charge in [0, 0.05) is 23.7 Å². The van der Waals surface area contributed by atoms with Crippen molar-refractivity contribution in [1.82, 2.24) is 4.90 Å². The Morgan fingerprint density at radius 2 is 1.70 bits per heavy atom. The minimum absolute atomic E-state index is 0.0949. The maximum atomic E-state index is 13.5. The number of carbonyl (C=O) groups excluding carboxylic acids is 2. The van der Waals surface area contributed by atoms with Crippen molar-refractivity contribution in [2.75, 3.05) is 0 Å². The van der Waals surface area contributed by atoms with Crippen molar-refractivity contribution >= 4 is 17.6 Å². The molecule has 1 heterocycles. The second-order valence-electron chi connectivity index (χ2n) is 8.60. The third-order valence-corrected chi connectivity index (χ3v) is 5.31. The summed E-state index contributed by atoms with van der Waals surface area (Å²) < 4.78 is 5.77. The van der Waals surface area contributed by atoms with Crippen molar-refractivity contribution in [3.8, 4) is 0 Å². The van der Waals surface area contributed by atoms with Gasteiger partial charge in [-0.25, -0.2) is 4.79 Å². The maximum absolute atomic E-state index is 13.5. The number of rotatable bonds is 4. The van der Waals surface area contributed by atoms with Crippen molar-refractivity contribution in [2.45, 2.75) is 57.7 Å². The highest BCUT2D eigenvalue weighted by Gasteiger charge is 2.55. The van der Waals surface area contributed by atoms with Gasteiger partial charge >= 0.3 is 5.97 Å². The fraction of sp³-hybridized carbons (Fsp3) is 0.391. The van der Waals surface area contributed by atoms with Crippen LogP contribution in [0.5, 0.6) is 0 Å². The fourth-order valence-corrected chi connectivity index (χ4v) is 3.96. The number of esters is 1. The number of nitro benzene ring substituents is 1. The first-order chi connectivity index (χ1) is 14.1. The Hall–Kier alpha value is -3.22. The smallest absolute Gasteiger partial charge is 0.337 e. The number of likely N-dealkylation sites (tertiary alicyclic amines) is 1. The summed E-state index contributed by atoms with van der Waals surface area (Å²) in [7, 11) is 0. The van der Waals surface area contributed by atoms with E-state index < -0.39 is 22.0 Å². The molecule has 7 nitrogen and oxygen atoms in total. The molecule has 1 aliphatic rings. The zero-order valence-corrected chi connectivity index (χ0v) is 17.6. The third kappa shape index (κ3) is 3.92. The number of hydrogen-bond donors (Lipinski definition) is 0. The van der Waals surface area contributed by atoms with Gasteiger partial charge in [-0.3, -0.25) is 14.9 Å². The molecule has 158 valence electrons. The van der Waals surface area contributed by atoms with E-state index in [4.69, 9.17) is 4.74 Å². The van der Waals surface area contributed by atoms with E-state index in [0.29, 0.717) is 24.0 Å². The molecular formula is C23H26N2O5. The van der Waals surface area contributed by atoms with Crippen molar-refractivity contribution in [3.63, 3.8) is 0 Å². The molecule has 1 aliphatic heterocycles. The van der Waals surface area contributed by atoms with Gasteiger partial charge in [-0.2, -0.15) is 0 Å². The molecule has 1 saturated heterocycles. The second-order valence-corrected chi connectivity index (χ2v) is 8.60. The van der Waals surface area contributed by atoms with E-state index >= 15 is 0 Å². The summed E-state index contributed by atoms with van der Waals surface area (Å²) in [6.45, 7) is 7.29. The van der Waals surface area contributed by atoms with Gasteiger partial charge < -0.3 is 9.64 Å². The van der Waals surface area contributed by atoms with Crippen molar-refractivity contribution in [2.24, 2.45) is 0 Å². The fourth-order valence-electron chi connectivity index (χ4n) is 3.96. The van der Waals surface area contributed by atoms with Crippen LogP contribution in [-0.4, -0.2) is 33.3 Å². The van der Waals surface area contributed by atoms with Crippen LogP contribution in [0.1, 0.15) is 56.5 Å². The van der Waals surface area contributed by atoms with Gasteiger partial charge in [-0.15, -0.1) is 0 Å². The number of benzene rings is 2. The summed E-state index contributed by atoms with van der Waals surface area (Å²) in [5.74, 6) is -0.828. The predicted molar refractivity (Wildman–Crippen MR) is 112 cm³/mol. The molecule has 1 amide bonds. The highest BCUT2D eigenvalue weighted by molar-refractivity contribution is 5.99. The lowest BCUT2D eigenvalue weighted by molar-refractivity contribution is -0.384. The minimum atomic E-state index is -1.26. The van der Waals surface area contributed by atoms with Crippen LogP contribution in [0.25, 0.3) is 0 Å².